The molecule has 6 nitrogen and oxygen atoms in total. The third-order valence-corrected chi connectivity index (χ3v) is 2.51. The molecule has 1 aliphatic heterocycles. The number of hydrogen-bond acceptors (Lipinski definition) is 6. The number of esters is 1. The summed E-state index contributed by atoms with van der Waals surface area (Å²) in [7, 11) is 0. The summed E-state index contributed by atoms with van der Waals surface area (Å²) in [6.07, 6.45) is 1.39. The van der Waals surface area contributed by atoms with Gasteiger partial charge in [0.05, 0.1) is 12.2 Å². The molecule has 2 rings (SSSR count). The lowest BCUT2D eigenvalue weighted by Crippen LogP contribution is -2.38. The highest BCUT2D eigenvalue weighted by Gasteiger charge is 2.31. The summed E-state index contributed by atoms with van der Waals surface area (Å²) < 4.78 is 4.84. The van der Waals surface area contributed by atoms with Crippen molar-refractivity contribution in [3.8, 4) is 0 Å². The van der Waals surface area contributed by atoms with Crippen LogP contribution in [0.4, 0.5) is 5.82 Å². The number of aromatic nitrogens is 2. The molecule has 0 amide bonds. The minimum atomic E-state index is -0.707. The summed E-state index contributed by atoms with van der Waals surface area (Å²) in [5.41, 5.74) is 0.343. The maximum Gasteiger partial charge on any atom is 0.329 e. The molecule has 0 aliphatic carbocycles. The van der Waals surface area contributed by atoms with Crippen molar-refractivity contribution in [3.63, 3.8) is 0 Å². The van der Waals surface area contributed by atoms with Crippen LogP contribution in [0.2, 0.25) is 5.28 Å². The normalized spacial score (nSPS) is 18.2. The number of Topliss-reactive ketones (excluding diaryl/α,β-unsaturated/α-hetero) is 1. The second-order valence-electron chi connectivity index (χ2n) is 3.48. The number of ketones is 1. The molecule has 1 unspecified atom stereocenters. The molecular formula is C10H10ClN3O3. The van der Waals surface area contributed by atoms with E-state index in [1.807, 2.05) is 0 Å². The minimum Gasteiger partial charge on any atom is -0.464 e. The van der Waals surface area contributed by atoms with E-state index in [2.05, 4.69) is 15.3 Å². The number of fused-ring (bicyclic) bond motifs is 1. The first kappa shape index (κ1) is 11.8. The van der Waals surface area contributed by atoms with Gasteiger partial charge in [-0.15, -0.1) is 0 Å². The largest absolute Gasteiger partial charge is 0.464 e. The van der Waals surface area contributed by atoms with E-state index in [1.54, 1.807) is 6.92 Å². The van der Waals surface area contributed by atoms with Gasteiger partial charge in [0, 0.05) is 12.6 Å². The number of nitrogens with one attached hydrogen (secondary N) is 1. The first-order valence-corrected chi connectivity index (χ1v) is 5.48. The van der Waals surface area contributed by atoms with E-state index in [4.69, 9.17) is 16.3 Å². The van der Waals surface area contributed by atoms with Crippen molar-refractivity contribution in [1.29, 1.82) is 0 Å². The highest BCUT2D eigenvalue weighted by atomic mass is 35.5. The van der Waals surface area contributed by atoms with Gasteiger partial charge in [0.15, 0.2) is 5.78 Å². The topological polar surface area (TPSA) is 81.2 Å². The molecule has 0 fully saturated rings. The van der Waals surface area contributed by atoms with Gasteiger partial charge in [-0.2, -0.15) is 0 Å². The molecule has 1 aromatic heterocycles. The second-order valence-corrected chi connectivity index (χ2v) is 3.82. The molecule has 2 heterocycles. The van der Waals surface area contributed by atoms with Crippen LogP contribution in [0.5, 0.6) is 0 Å². The molecule has 90 valence electrons. The standard InChI is InChI=1S/C10H10ClN3O3/c1-2-17-9(16)6-3-7(15)5-4-12-10(11)14-8(5)13-6/h4,6H,2-3H2,1H3,(H,12,13,14). The van der Waals surface area contributed by atoms with Gasteiger partial charge in [0.1, 0.15) is 11.9 Å². The monoisotopic (exact) mass is 255 g/mol. The summed E-state index contributed by atoms with van der Waals surface area (Å²) >= 11 is 5.62. The minimum absolute atomic E-state index is 0.0218. The van der Waals surface area contributed by atoms with Gasteiger partial charge in [0.2, 0.25) is 5.28 Å². The van der Waals surface area contributed by atoms with E-state index in [9.17, 15) is 9.59 Å². The lowest BCUT2D eigenvalue weighted by atomic mass is 10.0. The van der Waals surface area contributed by atoms with Crippen LogP contribution >= 0.6 is 11.6 Å². The zero-order valence-corrected chi connectivity index (χ0v) is 9.82. The molecule has 0 aromatic carbocycles. The van der Waals surface area contributed by atoms with Gasteiger partial charge in [-0.25, -0.2) is 14.8 Å². The Morgan fingerprint density at radius 2 is 2.47 bits per heavy atom. The molecule has 0 saturated carbocycles. The van der Waals surface area contributed by atoms with Crippen LogP contribution in [-0.4, -0.2) is 34.4 Å². The van der Waals surface area contributed by atoms with Crippen LogP contribution in [0.1, 0.15) is 23.7 Å². The maximum absolute atomic E-state index is 11.7. The highest BCUT2D eigenvalue weighted by molar-refractivity contribution is 6.28. The molecular weight excluding hydrogens is 246 g/mol. The Morgan fingerprint density at radius 3 is 3.18 bits per heavy atom. The van der Waals surface area contributed by atoms with Crippen LogP contribution < -0.4 is 5.32 Å². The van der Waals surface area contributed by atoms with Gasteiger partial charge < -0.3 is 10.1 Å². The summed E-state index contributed by atoms with van der Waals surface area (Å²) in [6.45, 7) is 1.97. The predicted molar refractivity (Wildman–Crippen MR) is 60.0 cm³/mol. The number of carbonyl (C=O) groups is 2. The number of anilines is 1. The lowest BCUT2D eigenvalue weighted by molar-refractivity contribution is -0.144. The summed E-state index contributed by atoms with van der Waals surface area (Å²) in [4.78, 5) is 30.9. The van der Waals surface area contributed by atoms with Crippen LogP contribution in [0.3, 0.4) is 0 Å². The van der Waals surface area contributed by atoms with Crippen molar-refractivity contribution in [2.24, 2.45) is 0 Å². The van der Waals surface area contributed by atoms with Gasteiger partial charge in [-0.05, 0) is 18.5 Å². The smallest absolute Gasteiger partial charge is 0.329 e. The van der Waals surface area contributed by atoms with Gasteiger partial charge >= 0.3 is 5.97 Å². The fraction of sp³-hybridized carbons (Fsp3) is 0.400. The number of halogens is 1. The Hall–Kier alpha value is -1.69. The van der Waals surface area contributed by atoms with Crippen molar-refractivity contribution in [2.75, 3.05) is 11.9 Å². The van der Waals surface area contributed by atoms with Crippen LogP contribution in [-0.2, 0) is 9.53 Å². The molecule has 1 N–H and O–H groups in total. The first-order chi connectivity index (χ1) is 8.11. The van der Waals surface area contributed by atoms with Crippen molar-refractivity contribution in [1.82, 2.24) is 9.97 Å². The van der Waals surface area contributed by atoms with Crippen molar-refractivity contribution >= 4 is 29.2 Å². The lowest BCUT2D eigenvalue weighted by Gasteiger charge is -2.23. The third-order valence-electron chi connectivity index (χ3n) is 2.33. The average Bonchev–Trinajstić information content (AvgIpc) is 2.28. The maximum atomic E-state index is 11.7. The van der Waals surface area contributed by atoms with Gasteiger partial charge in [-0.1, -0.05) is 0 Å². The first-order valence-electron chi connectivity index (χ1n) is 5.10. The van der Waals surface area contributed by atoms with E-state index in [0.717, 1.165) is 0 Å². The molecule has 0 spiro atoms. The van der Waals surface area contributed by atoms with E-state index >= 15 is 0 Å². The van der Waals surface area contributed by atoms with Crippen molar-refractivity contribution in [3.05, 3.63) is 17.0 Å². The fourth-order valence-corrected chi connectivity index (χ4v) is 1.70. The Morgan fingerprint density at radius 1 is 1.71 bits per heavy atom. The SMILES string of the molecule is CCOC(=O)C1CC(=O)c2cnc(Cl)nc2N1. The molecule has 0 radical (unpaired) electrons. The molecule has 1 atom stereocenters. The van der Waals surface area contributed by atoms with E-state index < -0.39 is 12.0 Å². The molecule has 1 aromatic rings. The van der Waals surface area contributed by atoms with Crippen LogP contribution in [0, 0.1) is 0 Å². The molecule has 1 aliphatic rings. The third kappa shape index (κ3) is 2.36. The Labute approximate surface area is 102 Å². The highest BCUT2D eigenvalue weighted by Crippen LogP contribution is 2.23. The number of ether oxygens (including phenoxy) is 1. The van der Waals surface area contributed by atoms with Crippen LogP contribution in [0.25, 0.3) is 0 Å². The number of hydrogen-bond donors (Lipinski definition) is 1. The van der Waals surface area contributed by atoms with E-state index in [-0.39, 0.29) is 29.9 Å². The molecule has 0 bridgehead atoms. The van der Waals surface area contributed by atoms with Crippen molar-refractivity contribution in [2.45, 2.75) is 19.4 Å². The quantitative estimate of drug-likeness (QED) is 0.629. The van der Waals surface area contributed by atoms with Gasteiger partial charge in [0.25, 0.3) is 0 Å². The van der Waals surface area contributed by atoms with Crippen molar-refractivity contribution < 1.29 is 14.3 Å². The van der Waals surface area contributed by atoms with E-state index in [1.165, 1.54) is 6.20 Å². The number of carbonyl (C=O) groups excluding carboxylic acids is 2. The number of rotatable bonds is 2. The Balaban J connectivity index is 2.26. The molecule has 0 saturated heterocycles. The summed E-state index contributed by atoms with van der Waals surface area (Å²) in [5.74, 6) is -0.394. The number of nitrogens with zero attached hydrogens (tertiary/aromatic N) is 2. The fourth-order valence-electron chi connectivity index (χ4n) is 1.57. The van der Waals surface area contributed by atoms with Crippen LogP contribution in [0.15, 0.2) is 6.20 Å². The van der Waals surface area contributed by atoms with E-state index in [0.29, 0.717) is 5.56 Å². The Bertz CT molecular complexity index is 478. The zero-order chi connectivity index (χ0) is 12.4. The Kier molecular flexibility index (Phi) is 3.23. The summed E-state index contributed by atoms with van der Waals surface area (Å²) in [6, 6.07) is -0.707. The average molecular weight is 256 g/mol. The van der Waals surface area contributed by atoms with Gasteiger partial charge in [-0.3, -0.25) is 4.79 Å². The second kappa shape index (κ2) is 4.67. The predicted octanol–water partition coefficient (Wildman–Crippen LogP) is 1.06. The summed E-state index contributed by atoms with van der Waals surface area (Å²) in [5, 5.41) is 2.84. The zero-order valence-electron chi connectivity index (χ0n) is 9.07. The molecule has 17 heavy (non-hydrogen) atoms. The molecule has 7 heteroatoms.